The molecule has 2 heterocycles. The summed E-state index contributed by atoms with van der Waals surface area (Å²) in [5, 5.41) is 9.59. The van der Waals surface area contributed by atoms with Gasteiger partial charge in [-0.25, -0.2) is 9.48 Å². The lowest BCUT2D eigenvalue weighted by molar-refractivity contribution is 0.254. The molecule has 0 radical (unpaired) electrons. The third-order valence-electron chi connectivity index (χ3n) is 3.35. The zero-order chi connectivity index (χ0) is 13.9. The number of amides is 2. The maximum atomic E-state index is 11.3. The standard InChI is InChI=1S/C14H17N5O/c1-15-14(20)16-12-9-13-18(7-8-19(13)17-12)10-11-5-3-2-4-6-11/h2-6,9H,7-8,10H2,1H3,(H2,15,16,17,20). The molecule has 2 N–H and O–H groups in total. The average molecular weight is 271 g/mol. The number of carbonyl (C=O) groups is 1. The summed E-state index contributed by atoms with van der Waals surface area (Å²) in [7, 11) is 1.58. The highest BCUT2D eigenvalue weighted by molar-refractivity contribution is 5.88. The Labute approximate surface area is 117 Å². The number of hydrogen-bond acceptors (Lipinski definition) is 3. The van der Waals surface area contributed by atoms with E-state index in [0.717, 1.165) is 25.5 Å². The van der Waals surface area contributed by atoms with E-state index >= 15 is 0 Å². The van der Waals surface area contributed by atoms with Crippen LogP contribution < -0.4 is 15.5 Å². The molecule has 2 amide bonds. The first-order valence-corrected chi connectivity index (χ1v) is 6.62. The van der Waals surface area contributed by atoms with Gasteiger partial charge in [-0.3, -0.25) is 5.32 Å². The van der Waals surface area contributed by atoms with Gasteiger partial charge in [-0.05, 0) is 5.56 Å². The van der Waals surface area contributed by atoms with Crippen molar-refractivity contribution in [2.24, 2.45) is 0 Å². The summed E-state index contributed by atoms with van der Waals surface area (Å²) in [4.78, 5) is 13.6. The first kappa shape index (κ1) is 12.5. The van der Waals surface area contributed by atoms with Crippen LogP contribution in [0.15, 0.2) is 36.4 Å². The van der Waals surface area contributed by atoms with E-state index in [2.05, 4.69) is 32.8 Å². The van der Waals surface area contributed by atoms with Gasteiger partial charge in [0.2, 0.25) is 0 Å². The van der Waals surface area contributed by atoms with Crippen LogP contribution in [-0.2, 0) is 13.1 Å². The summed E-state index contributed by atoms with van der Waals surface area (Å²) < 4.78 is 1.92. The number of benzene rings is 1. The maximum absolute atomic E-state index is 11.3. The summed E-state index contributed by atoms with van der Waals surface area (Å²) in [6.45, 7) is 2.64. The molecule has 1 aromatic carbocycles. The number of urea groups is 1. The summed E-state index contributed by atoms with van der Waals surface area (Å²) in [6.07, 6.45) is 0. The van der Waals surface area contributed by atoms with Gasteiger partial charge in [-0.1, -0.05) is 30.3 Å². The fraction of sp³-hybridized carbons (Fsp3) is 0.286. The van der Waals surface area contributed by atoms with Gasteiger partial charge in [0.15, 0.2) is 5.82 Å². The van der Waals surface area contributed by atoms with Crippen LogP contribution in [0.1, 0.15) is 5.56 Å². The Hall–Kier alpha value is -2.50. The van der Waals surface area contributed by atoms with Crippen LogP contribution >= 0.6 is 0 Å². The highest BCUT2D eigenvalue weighted by Crippen LogP contribution is 2.26. The zero-order valence-electron chi connectivity index (χ0n) is 11.3. The summed E-state index contributed by atoms with van der Waals surface area (Å²) in [5.41, 5.74) is 1.27. The van der Waals surface area contributed by atoms with Crippen LogP contribution in [0.5, 0.6) is 0 Å². The lowest BCUT2D eigenvalue weighted by Crippen LogP contribution is -2.25. The van der Waals surface area contributed by atoms with Crippen molar-refractivity contribution >= 4 is 17.7 Å². The summed E-state index contributed by atoms with van der Waals surface area (Å²) in [5.74, 6) is 1.62. The van der Waals surface area contributed by atoms with E-state index in [1.165, 1.54) is 5.56 Å². The normalized spacial score (nSPS) is 13.2. The quantitative estimate of drug-likeness (QED) is 0.892. The van der Waals surface area contributed by atoms with Crippen LogP contribution in [0.2, 0.25) is 0 Å². The zero-order valence-corrected chi connectivity index (χ0v) is 11.3. The average Bonchev–Trinajstić information content (AvgIpc) is 3.01. The van der Waals surface area contributed by atoms with Gasteiger partial charge in [0.1, 0.15) is 5.82 Å². The second-order valence-electron chi connectivity index (χ2n) is 4.72. The Kier molecular flexibility index (Phi) is 3.28. The smallest absolute Gasteiger partial charge is 0.320 e. The number of anilines is 2. The van der Waals surface area contributed by atoms with Gasteiger partial charge in [-0.2, -0.15) is 5.10 Å². The number of aromatic nitrogens is 2. The van der Waals surface area contributed by atoms with Crippen molar-refractivity contribution in [1.82, 2.24) is 15.1 Å². The van der Waals surface area contributed by atoms with E-state index in [1.807, 2.05) is 28.9 Å². The molecule has 0 bridgehead atoms. The molecule has 0 atom stereocenters. The predicted molar refractivity (Wildman–Crippen MR) is 77.8 cm³/mol. The molecular formula is C14H17N5O. The van der Waals surface area contributed by atoms with Gasteiger partial charge < -0.3 is 10.2 Å². The number of nitrogens with zero attached hydrogens (tertiary/aromatic N) is 3. The Balaban J connectivity index is 1.74. The fourth-order valence-corrected chi connectivity index (χ4v) is 2.36. The monoisotopic (exact) mass is 271 g/mol. The van der Waals surface area contributed by atoms with Gasteiger partial charge in [0.25, 0.3) is 0 Å². The predicted octanol–water partition coefficient (Wildman–Crippen LogP) is 1.65. The minimum atomic E-state index is -0.253. The molecule has 6 nitrogen and oxygen atoms in total. The molecule has 0 spiro atoms. The highest BCUT2D eigenvalue weighted by atomic mass is 16.2. The molecule has 0 fully saturated rings. The van der Waals surface area contributed by atoms with Crippen LogP contribution in [0.4, 0.5) is 16.4 Å². The number of hydrogen-bond donors (Lipinski definition) is 2. The van der Waals surface area contributed by atoms with Crippen LogP contribution in [-0.4, -0.2) is 29.4 Å². The number of carbonyl (C=O) groups excluding carboxylic acids is 1. The summed E-state index contributed by atoms with van der Waals surface area (Å²) in [6, 6.07) is 12.0. The Morgan fingerprint density at radius 2 is 2.10 bits per heavy atom. The van der Waals surface area contributed by atoms with Crippen molar-refractivity contribution in [2.75, 3.05) is 23.8 Å². The van der Waals surface area contributed by atoms with E-state index < -0.39 is 0 Å². The van der Waals surface area contributed by atoms with Crippen molar-refractivity contribution in [2.45, 2.75) is 13.1 Å². The van der Waals surface area contributed by atoms with Gasteiger partial charge >= 0.3 is 6.03 Å². The number of rotatable bonds is 3. The van der Waals surface area contributed by atoms with Gasteiger partial charge in [0.05, 0.1) is 6.54 Å². The third-order valence-corrected chi connectivity index (χ3v) is 3.35. The number of nitrogens with one attached hydrogen (secondary N) is 2. The van der Waals surface area contributed by atoms with E-state index in [-0.39, 0.29) is 6.03 Å². The molecule has 2 aromatic rings. The first-order chi connectivity index (χ1) is 9.76. The van der Waals surface area contributed by atoms with Crippen LogP contribution in [0, 0.1) is 0 Å². The van der Waals surface area contributed by atoms with E-state index in [0.29, 0.717) is 5.82 Å². The Morgan fingerprint density at radius 1 is 1.30 bits per heavy atom. The van der Waals surface area contributed by atoms with Crippen molar-refractivity contribution in [1.29, 1.82) is 0 Å². The second-order valence-corrected chi connectivity index (χ2v) is 4.72. The molecule has 1 aliphatic heterocycles. The first-order valence-electron chi connectivity index (χ1n) is 6.62. The Bertz CT molecular complexity index is 607. The minimum Gasteiger partial charge on any atom is -0.351 e. The van der Waals surface area contributed by atoms with Crippen LogP contribution in [0.25, 0.3) is 0 Å². The third kappa shape index (κ3) is 2.45. The minimum absolute atomic E-state index is 0.253. The van der Waals surface area contributed by atoms with Crippen molar-refractivity contribution < 1.29 is 4.79 Å². The van der Waals surface area contributed by atoms with E-state index in [4.69, 9.17) is 0 Å². The van der Waals surface area contributed by atoms with Gasteiger partial charge in [-0.15, -0.1) is 0 Å². The molecular weight excluding hydrogens is 254 g/mol. The van der Waals surface area contributed by atoms with E-state index in [1.54, 1.807) is 7.05 Å². The maximum Gasteiger partial charge on any atom is 0.320 e. The van der Waals surface area contributed by atoms with Crippen LogP contribution in [0.3, 0.4) is 0 Å². The van der Waals surface area contributed by atoms with E-state index in [9.17, 15) is 4.79 Å². The van der Waals surface area contributed by atoms with Gasteiger partial charge in [0, 0.05) is 26.2 Å². The van der Waals surface area contributed by atoms with Crippen molar-refractivity contribution in [3.8, 4) is 0 Å². The number of fused-ring (bicyclic) bond motifs is 1. The Morgan fingerprint density at radius 3 is 2.85 bits per heavy atom. The molecule has 104 valence electrons. The second kappa shape index (κ2) is 5.24. The molecule has 6 heteroatoms. The molecule has 0 aliphatic carbocycles. The largest absolute Gasteiger partial charge is 0.351 e. The topological polar surface area (TPSA) is 62.2 Å². The molecule has 20 heavy (non-hydrogen) atoms. The lowest BCUT2D eigenvalue weighted by atomic mass is 10.2. The SMILES string of the molecule is CNC(=O)Nc1cc2n(n1)CCN2Cc1ccccc1. The molecule has 0 saturated heterocycles. The molecule has 3 rings (SSSR count). The molecule has 1 aromatic heterocycles. The fourth-order valence-electron chi connectivity index (χ4n) is 2.36. The van der Waals surface area contributed by atoms with Crippen molar-refractivity contribution in [3.63, 3.8) is 0 Å². The lowest BCUT2D eigenvalue weighted by Gasteiger charge is -2.16. The van der Waals surface area contributed by atoms with Crippen molar-refractivity contribution in [3.05, 3.63) is 42.0 Å². The molecule has 1 aliphatic rings. The molecule has 0 saturated carbocycles. The summed E-state index contributed by atoms with van der Waals surface area (Å²) >= 11 is 0. The molecule has 0 unspecified atom stereocenters. The highest BCUT2D eigenvalue weighted by Gasteiger charge is 2.22.